The number of halogens is 4. The number of aryl methyl sites for hydroxylation is 1. The molecule has 0 amide bonds. The molecule has 0 fully saturated rings. The first-order chi connectivity index (χ1) is 16.0. The Morgan fingerprint density at radius 3 is 2.48 bits per heavy atom. The molecule has 0 aliphatic heterocycles. The van der Waals surface area contributed by atoms with Crippen LogP contribution >= 0.6 is 0 Å². The third-order valence-electron chi connectivity index (χ3n) is 4.98. The lowest BCUT2D eigenvalue weighted by Crippen LogP contribution is -2.06. The molecule has 5 rings (SSSR count). The summed E-state index contributed by atoms with van der Waals surface area (Å²) in [5.74, 6) is -4.43. The second-order valence-corrected chi connectivity index (χ2v) is 6.93. The van der Waals surface area contributed by atoms with Crippen molar-refractivity contribution in [3.05, 3.63) is 78.0 Å². The van der Waals surface area contributed by atoms with Gasteiger partial charge in [-0.15, -0.1) is 10.2 Å². The zero-order chi connectivity index (χ0) is 23.1. The van der Waals surface area contributed by atoms with E-state index < -0.39 is 34.7 Å². The van der Waals surface area contributed by atoms with Gasteiger partial charge in [-0.25, -0.2) is 27.1 Å². The molecule has 0 atom stereocenters. The molecule has 0 bridgehead atoms. The quantitative estimate of drug-likeness (QED) is 0.297. The molecule has 0 unspecified atom stereocenters. The lowest BCUT2D eigenvalue weighted by molar-refractivity contribution is 0.278. The number of rotatable bonds is 5. The number of ether oxygens (including phenoxy) is 1. The van der Waals surface area contributed by atoms with Crippen LogP contribution in [0.1, 0.15) is 5.82 Å². The molecule has 5 aromatic rings. The van der Waals surface area contributed by atoms with Crippen molar-refractivity contribution in [2.45, 2.75) is 6.61 Å². The summed E-state index contributed by atoms with van der Waals surface area (Å²) in [4.78, 5) is 4.06. The summed E-state index contributed by atoms with van der Waals surface area (Å²) in [6, 6.07) is 7.27. The lowest BCUT2D eigenvalue weighted by atomic mass is 10.1. The van der Waals surface area contributed by atoms with Crippen LogP contribution in [-0.4, -0.2) is 34.6 Å². The molecule has 33 heavy (non-hydrogen) atoms. The maximum atomic E-state index is 14.7. The van der Waals surface area contributed by atoms with Crippen LogP contribution < -0.4 is 4.74 Å². The number of hydrogen-bond donors (Lipinski definition) is 0. The Bertz CT molecular complexity index is 1500. The van der Waals surface area contributed by atoms with Crippen molar-refractivity contribution in [2.75, 3.05) is 0 Å². The number of fused-ring (bicyclic) bond motifs is 1. The molecule has 0 aliphatic carbocycles. The standard InChI is InChI=1S/C21H13F4N7O/c1-31-16(26-10-28-31)9-33-21-17(11-4-2-3-5-12(11)22)15-8-27-29-20(32(15)30-21)18-13(23)6-7-14(24)19(18)25/h2-8,10H,9H2,1H3. The zero-order valence-corrected chi connectivity index (χ0v) is 16.9. The third-order valence-corrected chi connectivity index (χ3v) is 4.98. The van der Waals surface area contributed by atoms with E-state index in [2.05, 4.69) is 25.4 Å². The number of benzene rings is 2. The van der Waals surface area contributed by atoms with Crippen LogP contribution in [0.4, 0.5) is 17.6 Å². The molecule has 3 heterocycles. The van der Waals surface area contributed by atoms with E-state index in [-0.39, 0.29) is 29.1 Å². The van der Waals surface area contributed by atoms with Gasteiger partial charge in [0.05, 0.1) is 17.3 Å². The highest BCUT2D eigenvalue weighted by Gasteiger charge is 2.26. The number of aromatic nitrogens is 7. The average Bonchev–Trinajstić information content (AvgIpc) is 3.39. The van der Waals surface area contributed by atoms with Crippen LogP contribution in [0.15, 0.2) is 48.9 Å². The van der Waals surface area contributed by atoms with E-state index in [0.29, 0.717) is 11.9 Å². The first kappa shape index (κ1) is 20.5. The Labute approximate surface area is 183 Å². The highest BCUT2D eigenvalue weighted by molar-refractivity contribution is 5.85. The fraction of sp³-hybridized carbons (Fsp3) is 0.0952. The second kappa shape index (κ2) is 7.97. The minimum atomic E-state index is -1.46. The summed E-state index contributed by atoms with van der Waals surface area (Å²) >= 11 is 0. The number of nitrogens with zero attached hydrogens (tertiary/aromatic N) is 7. The van der Waals surface area contributed by atoms with Crippen LogP contribution in [0.3, 0.4) is 0 Å². The summed E-state index contributed by atoms with van der Waals surface area (Å²) in [6.45, 7) is -0.0826. The predicted octanol–water partition coefficient (Wildman–Crippen LogP) is 3.72. The van der Waals surface area contributed by atoms with Gasteiger partial charge in [-0.3, -0.25) is 4.68 Å². The second-order valence-electron chi connectivity index (χ2n) is 6.93. The van der Waals surface area contributed by atoms with Crippen LogP contribution in [0, 0.1) is 23.3 Å². The Morgan fingerprint density at radius 1 is 0.939 bits per heavy atom. The fourth-order valence-electron chi connectivity index (χ4n) is 3.36. The molecule has 12 heteroatoms. The molecule has 0 saturated heterocycles. The molecule has 0 spiro atoms. The van der Waals surface area contributed by atoms with Gasteiger partial charge in [0.2, 0.25) is 5.88 Å². The molecular formula is C21H13F4N7O. The Balaban J connectivity index is 1.75. The van der Waals surface area contributed by atoms with E-state index in [9.17, 15) is 17.6 Å². The summed E-state index contributed by atoms with van der Waals surface area (Å²) < 4.78 is 65.9. The van der Waals surface area contributed by atoms with E-state index >= 15 is 0 Å². The SMILES string of the molecule is Cn1ncnc1COc1nn2c(-c3c(F)ccc(F)c3F)nncc2c1-c1ccccc1F. The lowest BCUT2D eigenvalue weighted by Gasteiger charge is -2.07. The minimum absolute atomic E-state index is 0.0728. The van der Waals surface area contributed by atoms with Gasteiger partial charge < -0.3 is 4.74 Å². The Kier molecular flexibility index (Phi) is 4.96. The van der Waals surface area contributed by atoms with Crippen molar-refractivity contribution in [2.24, 2.45) is 7.05 Å². The van der Waals surface area contributed by atoms with Crippen molar-refractivity contribution in [3.8, 4) is 28.4 Å². The van der Waals surface area contributed by atoms with Crippen LogP contribution in [0.5, 0.6) is 5.88 Å². The number of hydrogen-bond acceptors (Lipinski definition) is 6. The monoisotopic (exact) mass is 455 g/mol. The van der Waals surface area contributed by atoms with Crippen LogP contribution in [0.25, 0.3) is 28.0 Å². The highest BCUT2D eigenvalue weighted by atomic mass is 19.2. The van der Waals surface area contributed by atoms with Gasteiger partial charge in [-0.1, -0.05) is 18.2 Å². The predicted molar refractivity (Wildman–Crippen MR) is 107 cm³/mol. The summed E-state index contributed by atoms with van der Waals surface area (Å²) in [5, 5.41) is 15.8. The Hall–Kier alpha value is -4.35. The fourth-order valence-corrected chi connectivity index (χ4v) is 3.36. The maximum Gasteiger partial charge on any atom is 0.242 e. The zero-order valence-electron chi connectivity index (χ0n) is 16.9. The van der Waals surface area contributed by atoms with Gasteiger partial charge in [-0.2, -0.15) is 10.2 Å². The molecule has 3 aromatic heterocycles. The summed E-state index contributed by atoms with van der Waals surface area (Å²) in [7, 11) is 1.66. The van der Waals surface area contributed by atoms with Crippen molar-refractivity contribution >= 4 is 5.52 Å². The topological polar surface area (TPSA) is 83.0 Å². The summed E-state index contributed by atoms with van der Waals surface area (Å²) in [5.41, 5.74) is -0.347. The maximum absolute atomic E-state index is 14.7. The summed E-state index contributed by atoms with van der Waals surface area (Å²) in [6.07, 6.45) is 2.57. The first-order valence-corrected chi connectivity index (χ1v) is 9.54. The van der Waals surface area contributed by atoms with Gasteiger partial charge in [0.15, 0.2) is 23.3 Å². The van der Waals surface area contributed by atoms with E-state index in [1.807, 2.05) is 0 Å². The molecule has 0 saturated carbocycles. The molecule has 0 N–H and O–H groups in total. The van der Waals surface area contributed by atoms with E-state index in [1.165, 1.54) is 35.4 Å². The molecule has 2 aromatic carbocycles. The Morgan fingerprint density at radius 2 is 1.73 bits per heavy atom. The average molecular weight is 455 g/mol. The van der Waals surface area contributed by atoms with E-state index in [4.69, 9.17) is 4.74 Å². The highest BCUT2D eigenvalue weighted by Crippen LogP contribution is 2.37. The van der Waals surface area contributed by atoms with Crippen LogP contribution in [0.2, 0.25) is 0 Å². The van der Waals surface area contributed by atoms with Crippen molar-refractivity contribution in [1.82, 2.24) is 34.6 Å². The molecule has 0 aliphatic rings. The largest absolute Gasteiger partial charge is 0.468 e. The van der Waals surface area contributed by atoms with E-state index in [0.717, 1.165) is 10.6 Å². The van der Waals surface area contributed by atoms with Gasteiger partial charge in [0, 0.05) is 12.6 Å². The minimum Gasteiger partial charge on any atom is -0.468 e. The smallest absolute Gasteiger partial charge is 0.242 e. The van der Waals surface area contributed by atoms with Crippen molar-refractivity contribution < 1.29 is 22.3 Å². The van der Waals surface area contributed by atoms with Crippen LogP contribution in [-0.2, 0) is 13.7 Å². The van der Waals surface area contributed by atoms with Crippen molar-refractivity contribution in [3.63, 3.8) is 0 Å². The van der Waals surface area contributed by atoms with Gasteiger partial charge in [-0.05, 0) is 18.2 Å². The van der Waals surface area contributed by atoms with Gasteiger partial charge >= 0.3 is 0 Å². The normalized spacial score (nSPS) is 11.3. The van der Waals surface area contributed by atoms with Gasteiger partial charge in [0.1, 0.15) is 30.1 Å². The van der Waals surface area contributed by atoms with Gasteiger partial charge in [0.25, 0.3) is 0 Å². The van der Waals surface area contributed by atoms with Crippen molar-refractivity contribution in [1.29, 1.82) is 0 Å². The molecule has 8 nitrogen and oxygen atoms in total. The third kappa shape index (κ3) is 3.45. The van der Waals surface area contributed by atoms with E-state index in [1.54, 1.807) is 13.1 Å². The molecule has 166 valence electrons. The first-order valence-electron chi connectivity index (χ1n) is 9.54. The molecule has 0 radical (unpaired) electrons. The molecular weight excluding hydrogens is 442 g/mol.